The maximum Gasteiger partial charge on any atom is 0.416 e. The number of aliphatic imine (C=N–C) groups is 1. The number of thiophene rings is 1. The van der Waals surface area contributed by atoms with Crippen molar-refractivity contribution in [1.29, 1.82) is 0 Å². The molecular formula is C19H25F3IN3O2S. The van der Waals surface area contributed by atoms with Crippen LogP contribution in [0.15, 0.2) is 40.0 Å². The van der Waals surface area contributed by atoms with Gasteiger partial charge in [-0.1, -0.05) is 6.07 Å². The summed E-state index contributed by atoms with van der Waals surface area (Å²) in [6, 6.07) is 5.62. The molecule has 5 nitrogen and oxygen atoms in total. The Bertz CT molecular complexity index is 796. The van der Waals surface area contributed by atoms with Crippen LogP contribution in [0.3, 0.4) is 0 Å². The highest BCUT2D eigenvalue weighted by molar-refractivity contribution is 14.0. The van der Waals surface area contributed by atoms with E-state index in [1.807, 2.05) is 23.8 Å². The Hall–Kier alpha value is -1.53. The van der Waals surface area contributed by atoms with Crippen molar-refractivity contribution in [1.82, 2.24) is 10.6 Å². The molecule has 0 amide bonds. The molecule has 3 N–H and O–H groups in total. The summed E-state index contributed by atoms with van der Waals surface area (Å²) in [5.74, 6) is 0.457. The van der Waals surface area contributed by atoms with Crippen LogP contribution in [-0.2, 0) is 18.3 Å². The third-order valence-electron chi connectivity index (χ3n) is 4.12. The minimum absolute atomic E-state index is 0. The van der Waals surface area contributed by atoms with E-state index in [1.165, 1.54) is 30.6 Å². The summed E-state index contributed by atoms with van der Waals surface area (Å²) in [6.45, 7) is 4.03. The van der Waals surface area contributed by atoms with E-state index in [9.17, 15) is 18.3 Å². The van der Waals surface area contributed by atoms with Gasteiger partial charge in [-0.05, 0) is 53.9 Å². The number of benzene rings is 1. The predicted octanol–water partition coefficient (Wildman–Crippen LogP) is 4.36. The molecule has 2 aromatic rings. The fourth-order valence-corrected chi connectivity index (χ4v) is 3.30. The van der Waals surface area contributed by atoms with Gasteiger partial charge in [0.25, 0.3) is 0 Å². The summed E-state index contributed by atoms with van der Waals surface area (Å²) in [4.78, 5) is 4.24. The van der Waals surface area contributed by atoms with Crippen LogP contribution < -0.4 is 15.4 Å². The maximum absolute atomic E-state index is 13.3. The lowest BCUT2D eigenvalue weighted by molar-refractivity contribution is -0.138. The van der Waals surface area contributed by atoms with Gasteiger partial charge >= 0.3 is 6.18 Å². The third kappa shape index (κ3) is 7.34. The highest BCUT2D eigenvalue weighted by atomic mass is 127. The Labute approximate surface area is 189 Å². The minimum Gasteiger partial charge on any atom is -0.497 e. The number of methoxy groups -OCH3 is 1. The summed E-state index contributed by atoms with van der Waals surface area (Å²) < 4.78 is 44.9. The van der Waals surface area contributed by atoms with Crippen molar-refractivity contribution in [2.45, 2.75) is 32.2 Å². The average Bonchev–Trinajstić information content (AvgIpc) is 3.19. The molecule has 0 spiro atoms. The highest BCUT2D eigenvalue weighted by Crippen LogP contribution is 2.34. The van der Waals surface area contributed by atoms with Gasteiger partial charge in [0, 0.05) is 6.54 Å². The standard InChI is InChI=1S/C19H24F3N3O2S.HI/c1-4-23-17(25-12-18(2,26)14-7-8-28-11-14)24-10-13-5-6-15(27-3)9-16(13)19(20,21)22;/h5-9,11,26H,4,10,12H2,1-3H3,(H2,23,24,25);1H. The number of nitrogens with one attached hydrogen (secondary N) is 2. The number of ether oxygens (including phenoxy) is 1. The van der Waals surface area contributed by atoms with Crippen molar-refractivity contribution < 1.29 is 23.0 Å². The number of nitrogens with zero attached hydrogens (tertiary/aromatic N) is 1. The molecule has 0 bridgehead atoms. The number of hydrogen-bond donors (Lipinski definition) is 3. The largest absolute Gasteiger partial charge is 0.497 e. The van der Waals surface area contributed by atoms with E-state index in [0.717, 1.165) is 11.6 Å². The Kier molecular flexibility index (Phi) is 9.69. The number of alkyl halides is 3. The number of aliphatic hydroxyl groups is 1. The monoisotopic (exact) mass is 543 g/mol. The molecule has 1 aromatic heterocycles. The number of halogens is 4. The molecule has 1 unspecified atom stereocenters. The van der Waals surface area contributed by atoms with Crippen molar-refractivity contribution >= 4 is 41.3 Å². The summed E-state index contributed by atoms with van der Waals surface area (Å²) >= 11 is 1.47. The van der Waals surface area contributed by atoms with E-state index in [0.29, 0.717) is 12.5 Å². The first kappa shape index (κ1) is 25.5. The first-order valence-corrected chi connectivity index (χ1v) is 9.63. The molecule has 0 radical (unpaired) electrons. The molecule has 1 atom stereocenters. The van der Waals surface area contributed by atoms with Crippen LogP contribution in [0.2, 0.25) is 0 Å². The summed E-state index contributed by atoms with van der Waals surface area (Å²) in [5.41, 5.74) is -1.12. The zero-order valence-electron chi connectivity index (χ0n) is 16.3. The zero-order chi connectivity index (χ0) is 20.8. The van der Waals surface area contributed by atoms with E-state index in [4.69, 9.17) is 4.74 Å². The van der Waals surface area contributed by atoms with Crippen LogP contribution in [0.4, 0.5) is 13.2 Å². The lowest BCUT2D eigenvalue weighted by Gasteiger charge is -2.24. The van der Waals surface area contributed by atoms with Crippen LogP contribution in [0, 0.1) is 0 Å². The second-order valence-corrected chi connectivity index (χ2v) is 7.14. The fourth-order valence-electron chi connectivity index (χ4n) is 2.52. The van der Waals surface area contributed by atoms with Gasteiger partial charge in [-0.15, -0.1) is 24.0 Å². The second kappa shape index (κ2) is 11.0. The second-order valence-electron chi connectivity index (χ2n) is 6.36. The number of hydrogen-bond acceptors (Lipinski definition) is 4. The Morgan fingerprint density at radius 1 is 1.24 bits per heavy atom. The molecule has 29 heavy (non-hydrogen) atoms. The van der Waals surface area contributed by atoms with Crippen LogP contribution in [0.1, 0.15) is 30.5 Å². The third-order valence-corrected chi connectivity index (χ3v) is 4.80. The van der Waals surface area contributed by atoms with Gasteiger partial charge in [0.1, 0.15) is 11.4 Å². The van der Waals surface area contributed by atoms with Crippen LogP contribution in [0.5, 0.6) is 5.75 Å². The lowest BCUT2D eigenvalue weighted by atomic mass is 9.99. The lowest BCUT2D eigenvalue weighted by Crippen LogP contribution is -2.44. The summed E-state index contributed by atoms with van der Waals surface area (Å²) in [6.07, 6.45) is -4.51. The van der Waals surface area contributed by atoms with Gasteiger partial charge in [-0.25, -0.2) is 4.99 Å². The zero-order valence-corrected chi connectivity index (χ0v) is 19.5. The Balaban J connectivity index is 0.00000420. The van der Waals surface area contributed by atoms with Crippen LogP contribution in [0.25, 0.3) is 0 Å². The molecular weight excluding hydrogens is 518 g/mol. The Morgan fingerprint density at radius 3 is 2.52 bits per heavy atom. The predicted molar refractivity (Wildman–Crippen MR) is 120 cm³/mol. The molecule has 0 aliphatic carbocycles. The molecule has 1 aromatic carbocycles. The molecule has 2 rings (SSSR count). The van der Waals surface area contributed by atoms with Crippen LogP contribution in [-0.4, -0.2) is 31.3 Å². The van der Waals surface area contributed by atoms with Gasteiger partial charge in [0.2, 0.25) is 0 Å². The van der Waals surface area contributed by atoms with E-state index < -0.39 is 17.3 Å². The molecule has 162 valence electrons. The van der Waals surface area contributed by atoms with E-state index in [2.05, 4.69) is 15.6 Å². The van der Waals surface area contributed by atoms with Gasteiger partial charge in [0.05, 0.1) is 25.8 Å². The molecule has 0 fully saturated rings. The molecule has 0 saturated carbocycles. The van der Waals surface area contributed by atoms with Crippen molar-refractivity contribution in [2.24, 2.45) is 4.99 Å². The van der Waals surface area contributed by atoms with Gasteiger partial charge in [0.15, 0.2) is 5.96 Å². The smallest absolute Gasteiger partial charge is 0.416 e. The first-order chi connectivity index (χ1) is 13.2. The van der Waals surface area contributed by atoms with Crippen LogP contribution >= 0.6 is 35.3 Å². The van der Waals surface area contributed by atoms with E-state index >= 15 is 0 Å². The number of rotatable bonds is 7. The summed E-state index contributed by atoms with van der Waals surface area (Å²) in [7, 11) is 1.32. The average molecular weight is 543 g/mol. The molecule has 10 heteroatoms. The minimum atomic E-state index is -4.51. The number of guanidine groups is 1. The van der Waals surface area contributed by atoms with Gasteiger partial charge < -0.3 is 20.5 Å². The Morgan fingerprint density at radius 2 is 1.97 bits per heavy atom. The fraction of sp³-hybridized carbons (Fsp3) is 0.421. The molecule has 1 heterocycles. The van der Waals surface area contributed by atoms with Crippen molar-refractivity contribution in [2.75, 3.05) is 20.2 Å². The first-order valence-electron chi connectivity index (χ1n) is 8.68. The van der Waals surface area contributed by atoms with E-state index in [-0.39, 0.29) is 48.4 Å². The van der Waals surface area contributed by atoms with E-state index in [1.54, 1.807) is 6.92 Å². The normalized spacial score (nSPS) is 14.0. The SMILES string of the molecule is CCNC(=NCc1ccc(OC)cc1C(F)(F)F)NCC(C)(O)c1ccsc1.I. The van der Waals surface area contributed by atoms with Crippen molar-refractivity contribution in [3.8, 4) is 5.75 Å². The van der Waals surface area contributed by atoms with Gasteiger partial charge in [-0.3, -0.25) is 0 Å². The molecule has 0 saturated heterocycles. The van der Waals surface area contributed by atoms with Crippen molar-refractivity contribution in [3.63, 3.8) is 0 Å². The van der Waals surface area contributed by atoms with Gasteiger partial charge in [-0.2, -0.15) is 24.5 Å². The van der Waals surface area contributed by atoms with Crippen molar-refractivity contribution in [3.05, 3.63) is 51.7 Å². The summed E-state index contributed by atoms with van der Waals surface area (Å²) in [5, 5.41) is 20.3. The topological polar surface area (TPSA) is 65.9 Å². The molecule has 0 aliphatic heterocycles. The molecule has 0 aliphatic rings. The quantitative estimate of drug-likeness (QED) is 0.276. The highest BCUT2D eigenvalue weighted by Gasteiger charge is 2.33. The maximum atomic E-state index is 13.3.